The fourth-order valence-electron chi connectivity index (χ4n) is 3.07. The molecule has 0 bridgehead atoms. The Hall–Kier alpha value is -2.10. The Bertz CT molecular complexity index is 728. The second-order valence-corrected chi connectivity index (χ2v) is 5.99. The highest BCUT2D eigenvalue weighted by Crippen LogP contribution is 2.22. The quantitative estimate of drug-likeness (QED) is 0.816. The van der Waals surface area contributed by atoms with Gasteiger partial charge in [-0.3, -0.25) is 4.79 Å². The van der Waals surface area contributed by atoms with E-state index in [1.807, 2.05) is 24.3 Å². The van der Waals surface area contributed by atoms with Crippen LogP contribution < -0.4 is 5.56 Å². The minimum Gasteiger partial charge on any atom is -0.461 e. The van der Waals surface area contributed by atoms with Crippen LogP contribution in [0.3, 0.4) is 0 Å². The molecule has 0 spiro atoms. The van der Waals surface area contributed by atoms with E-state index in [9.17, 15) is 9.59 Å². The van der Waals surface area contributed by atoms with Crippen molar-refractivity contribution in [3.05, 3.63) is 46.9 Å². The summed E-state index contributed by atoms with van der Waals surface area (Å²) < 4.78 is 7.04. The molecule has 22 heavy (non-hydrogen) atoms. The van der Waals surface area contributed by atoms with E-state index in [2.05, 4.69) is 0 Å². The Kier molecular flexibility index (Phi) is 4.27. The fourth-order valence-corrected chi connectivity index (χ4v) is 3.07. The van der Waals surface area contributed by atoms with Crippen LogP contribution in [0.1, 0.15) is 45.1 Å². The molecule has 1 fully saturated rings. The lowest BCUT2D eigenvalue weighted by molar-refractivity contribution is -0.154. The normalized spacial score (nSPS) is 17.3. The van der Waals surface area contributed by atoms with Crippen molar-refractivity contribution in [3.8, 4) is 0 Å². The molecule has 1 aliphatic rings. The number of hydrogen-bond donors (Lipinski definition) is 0. The van der Waals surface area contributed by atoms with Gasteiger partial charge in [0.15, 0.2) is 0 Å². The van der Waals surface area contributed by atoms with Crippen molar-refractivity contribution in [2.24, 2.45) is 0 Å². The minimum atomic E-state index is -0.598. The van der Waals surface area contributed by atoms with E-state index in [4.69, 9.17) is 4.74 Å². The van der Waals surface area contributed by atoms with Crippen molar-refractivity contribution in [2.45, 2.75) is 51.2 Å². The predicted octanol–water partition coefficient (Wildman–Crippen LogP) is 3.44. The number of aromatic nitrogens is 1. The number of pyridine rings is 1. The maximum Gasteiger partial charge on any atom is 0.329 e. The number of fused-ring (bicyclic) bond motifs is 1. The molecule has 0 amide bonds. The van der Waals surface area contributed by atoms with Gasteiger partial charge in [0.25, 0.3) is 5.56 Å². The molecule has 1 aromatic carbocycles. The molecule has 0 N–H and O–H groups in total. The zero-order valence-electron chi connectivity index (χ0n) is 12.8. The Morgan fingerprint density at radius 2 is 1.91 bits per heavy atom. The number of nitrogens with zero attached hydrogens (tertiary/aromatic N) is 1. The molecule has 2 aromatic rings. The minimum absolute atomic E-state index is 0.0138. The van der Waals surface area contributed by atoms with Crippen LogP contribution in [0.2, 0.25) is 0 Å². The molecular weight excluding hydrogens is 278 g/mol. The summed E-state index contributed by atoms with van der Waals surface area (Å²) in [5.74, 6) is -0.315. The standard InChI is InChI=1S/C18H21NO3/c1-13(18(21)22-15-8-3-2-4-9-15)19-12-11-14-7-5-6-10-16(14)17(19)20/h5-7,10-13,15H,2-4,8-9H2,1H3. The Morgan fingerprint density at radius 1 is 1.18 bits per heavy atom. The molecule has 0 radical (unpaired) electrons. The molecule has 1 atom stereocenters. The molecule has 1 aliphatic carbocycles. The Balaban J connectivity index is 1.82. The summed E-state index contributed by atoms with van der Waals surface area (Å²) in [6, 6.07) is 8.67. The molecule has 0 aliphatic heterocycles. The van der Waals surface area contributed by atoms with Crippen LogP contribution in [0.15, 0.2) is 41.3 Å². The highest BCUT2D eigenvalue weighted by molar-refractivity contribution is 5.82. The topological polar surface area (TPSA) is 48.3 Å². The third kappa shape index (κ3) is 2.91. The summed E-state index contributed by atoms with van der Waals surface area (Å²) in [5, 5.41) is 1.51. The van der Waals surface area contributed by atoms with Gasteiger partial charge in [-0.1, -0.05) is 24.6 Å². The van der Waals surface area contributed by atoms with E-state index >= 15 is 0 Å². The van der Waals surface area contributed by atoms with Crippen LogP contribution >= 0.6 is 0 Å². The van der Waals surface area contributed by atoms with Gasteiger partial charge >= 0.3 is 5.97 Å². The first-order valence-electron chi connectivity index (χ1n) is 7.97. The predicted molar refractivity (Wildman–Crippen MR) is 85.9 cm³/mol. The number of carbonyl (C=O) groups excluding carboxylic acids is 1. The van der Waals surface area contributed by atoms with Gasteiger partial charge in [-0.05, 0) is 50.1 Å². The van der Waals surface area contributed by atoms with Crippen molar-refractivity contribution in [3.63, 3.8) is 0 Å². The molecule has 1 unspecified atom stereocenters. The van der Waals surface area contributed by atoms with Gasteiger partial charge in [0, 0.05) is 11.6 Å². The lowest BCUT2D eigenvalue weighted by atomic mass is 9.98. The zero-order valence-corrected chi connectivity index (χ0v) is 12.8. The van der Waals surface area contributed by atoms with E-state index in [1.165, 1.54) is 11.0 Å². The molecule has 3 rings (SSSR count). The van der Waals surface area contributed by atoms with Gasteiger partial charge in [0.1, 0.15) is 12.1 Å². The van der Waals surface area contributed by atoms with E-state index in [0.29, 0.717) is 5.39 Å². The van der Waals surface area contributed by atoms with E-state index < -0.39 is 6.04 Å². The molecule has 4 heteroatoms. The largest absolute Gasteiger partial charge is 0.461 e. The van der Waals surface area contributed by atoms with Crippen LogP contribution in [-0.4, -0.2) is 16.6 Å². The molecule has 4 nitrogen and oxygen atoms in total. The Morgan fingerprint density at radius 3 is 2.68 bits per heavy atom. The SMILES string of the molecule is CC(C(=O)OC1CCCCC1)n1ccc2ccccc2c1=O. The maximum atomic E-state index is 12.5. The van der Waals surface area contributed by atoms with Gasteiger partial charge in [-0.25, -0.2) is 4.79 Å². The van der Waals surface area contributed by atoms with Crippen LogP contribution in [0.4, 0.5) is 0 Å². The lowest BCUT2D eigenvalue weighted by Gasteiger charge is -2.24. The number of benzene rings is 1. The van der Waals surface area contributed by atoms with Crippen LogP contribution in [0.25, 0.3) is 10.8 Å². The van der Waals surface area contributed by atoms with Gasteiger partial charge in [-0.15, -0.1) is 0 Å². The maximum absolute atomic E-state index is 12.5. The van der Waals surface area contributed by atoms with Crippen LogP contribution in [0.5, 0.6) is 0 Å². The molecule has 0 saturated heterocycles. The number of esters is 1. The van der Waals surface area contributed by atoms with Crippen molar-refractivity contribution < 1.29 is 9.53 Å². The third-order valence-corrected chi connectivity index (χ3v) is 4.43. The first-order valence-corrected chi connectivity index (χ1v) is 7.97. The number of hydrogen-bond acceptors (Lipinski definition) is 3. The van der Waals surface area contributed by atoms with Crippen molar-refractivity contribution >= 4 is 16.7 Å². The highest BCUT2D eigenvalue weighted by Gasteiger charge is 2.23. The summed E-state index contributed by atoms with van der Waals surface area (Å²) in [4.78, 5) is 24.8. The third-order valence-electron chi connectivity index (χ3n) is 4.43. The van der Waals surface area contributed by atoms with Crippen LogP contribution in [0, 0.1) is 0 Å². The van der Waals surface area contributed by atoms with Crippen molar-refractivity contribution in [2.75, 3.05) is 0 Å². The van der Waals surface area contributed by atoms with Gasteiger partial charge in [0.2, 0.25) is 0 Å². The summed E-state index contributed by atoms with van der Waals surface area (Å²) in [6.45, 7) is 1.72. The number of ether oxygens (including phenoxy) is 1. The van der Waals surface area contributed by atoms with Gasteiger partial charge < -0.3 is 9.30 Å². The second-order valence-electron chi connectivity index (χ2n) is 5.99. The molecule has 1 aromatic heterocycles. The van der Waals surface area contributed by atoms with Crippen molar-refractivity contribution in [1.82, 2.24) is 4.57 Å². The number of carbonyl (C=O) groups is 1. The highest BCUT2D eigenvalue weighted by atomic mass is 16.5. The average molecular weight is 299 g/mol. The summed E-state index contributed by atoms with van der Waals surface area (Å²) in [6.07, 6.45) is 7.01. The number of rotatable bonds is 3. The second kappa shape index (κ2) is 6.34. The molecule has 1 saturated carbocycles. The van der Waals surface area contributed by atoms with Crippen molar-refractivity contribution in [1.29, 1.82) is 0 Å². The average Bonchev–Trinajstić information content (AvgIpc) is 2.56. The molecule has 1 heterocycles. The van der Waals surface area contributed by atoms with E-state index in [-0.39, 0.29) is 17.6 Å². The van der Waals surface area contributed by atoms with E-state index in [0.717, 1.165) is 31.1 Å². The first kappa shape index (κ1) is 14.8. The van der Waals surface area contributed by atoms with Gasteiger partial charge in [-0.2, -0.15) is 0 Å². The fraction of sp³-hybridized carbons (Fsp3) is 0.444. The zero-order chi connectivity index (χ0) is 15.5. The molecule has 116 valence electrons. The van der Waals surface area contributed by atoms with Crippen LogP contribution in [-0.2, 0) is 9.53 Å². The summed E-state index contributed by atoms with van der Waals surface area (Å²) in [5.41, 5.74) is -0.147. The Labute approximate surface area is 129 Å². The first-order chi connectivity index (χ1) is 10.7. The summed E-state index contributed by atoms with van der Waals surface area (Å²) >= 11 is 0. The summed E-state index contributed by atoms with van der Waals surface area (Å²) in [7, 11) is 0. The van der Waals surface area contributed by atoms with E-state index in [1.54, 1.807) is 19.2 Å². The van der Waals surface area contributed by atoms with Gasteiger partial charge in [0.05, 0.1) is 0 Å². The smallest absolute Gasteiger partial charge is 0.329 e. The molecular formula is C18H21NO3. The lowest BCUT2D eigenvalue weighted by Crippen LogP contribution is -2.31. The monoisotopic (exact) mass is 299 g/mol.